The number of rotatable bonds is 8. The Bertz CT molecular complexity index is 615. The molecule has 1 aliphatic rings. The molecular weight excluding hydrogens is 332 g/mol. The van der Waals surface area contributed by atoms with E-state index in [9.17, 15) is 14.9 Å². The van der Waals surface area contributed by atoms with Crippen molar-refractivity contribution in [1.29, 1.82) is 0 Å². The van der Waals surface area contributed by atoms with Crippen molar-refractivity contribution in [2.45, 2.75) is 6.42 Å². The smallest absolute Gasteiger partial charge is 0.345 e. The summed E-state index contributed by atoms with van der Waals surface area (Å²) in [5.41, 5.74) is -0.555. The minimum atomic E-state index is -0.799. The number of morpholine rings is 1. The number of hydrogen-bond acceptors (Lipinski definition) is 8. The molecule has 0 aromatic heterocycles. The third-order valence-electron chi connectivity index (χ3n) is 3.86. The Kier molecular flexibility index (Phi) is 6.96. The molecule has 0 spiro atoms. The highest BCUT2D eigenvalue weighted by atomic mass is 16.6. The first-order valence-corrected chi connectivity index (χ1v) is 7.94. The molecule has 138 valence electrons. The quantitative estimate of drug-likeness (QED) is 0.300. The summed E-state index contributed by atoms with van der Waals surface area (Å²) in [4.78, 5) is 24.5. The van der Waals surface area contributed by atoms with Gasteiger partial charge in [-0.2, -0.15) is 0 Å². The number of benzene rings is 1. The van der Waals surface area contributed by atoms with Gasteiger partial charge in [0.25, 0.3) is 5.69 Å². The van der Waals surface area contributed by atoms with Crippen LogP contribution in [0.1, 0.15) is 16.8 Å². The molecule has 0 atom stereocenters. The topological polar surface area (TPSA) is 100 Å². The lowest BCUT2D eigenvalue weighted by molar-refractivity contribution is -0.385. The highest BCUT2D eigenvalue weighted by Crippen LogP contribution is 2.35. The van der Waals surface area contributed by atoms with Crippen LogP contribution in [0.25, 0.3) is 0 Å². The Morgan fingerprint density at radius 1 is 1.28 bits per heavy atom. The summed E-state index contributed by atoms with van der Waals surface area (Å²) < 4.78 is 20.7. The molecule has 9 nitrogen and oxygen atoms in total. The largest absolute Gasteiger partial charge is 0.493 e. The minimum Gasteiger partial charge on any atom is -0.493 e. The van der Waals surface area contributed by atoms with Crippen LogP contribution in [0.5, 0.6) is 11.5 Å². The molecule has 0 N–H and O–H groups in total. The van der Waals surface area contributed by atoms with Crippen LogP contribution >= 0.6 is 0 Å². The summed E-state index contributed by atoms with van der Waals surface area (Å²) in [5, 5.41) is 11.1. The molecule has 25 heavy (non-hydrogen) atoms. The number of methoxy groups -OCH3 is 2. The van der Waals surface area contributed by atoms with Crippen molar-refractivity contribution in [3.05, 3.63) is 27.8 Å². The maximum atomic E-state index is 11.8. The van der Waals surface area contributed by atoms with Gasteiger partial charge in [-0.05, 0) is 6.42 Å². The maximum absolute atomic E-state index is 11.8. The monoisotopic (exact) mass is 354 g/mol. The van der Waals surface area contributed by atoms with Crippen molar-refractivity contribution in [2.75, 3.05) is 53.7 Å². The zero-order valence-electron chi connectivity index (χ0n) is 14.4. The number of carbonyl (C=O) groups excluding carboxylic acids is 1. The summed E-state index contributed by atoms with van der Waals surface area (Å²) in [6.07, 6.45) is 0.772. The van der Waals surface area contributed by atoms with Crippen molar-refractivity contribution in [3.8, 4) is 11.5 Å². The van der Waals surface area contributed by atoms with Gasteiger partial charge in [-0.3, -0.25) is 15.0 Å². The van der Waals surface area contributed by atoms with Gasteiger partial charge in [-0.15, -0.1) is 0 Å². The van der Waals surface area contributed by atoms with E-state index in [1.54, 1.807) is 0 Å². The van der Waals surface area contributed by atoms with Gasteiger partial charge in [0.1, 0.15) is 5.56 Å². The third kappa shape index (κ3) is 5.04. The fourth-order valence-corrected chi connectivity index (χ4v) is 2.54. The van der Waals surface area contributed by atoms with Crippen molar-refractivity contribution < 1.29 is 28.7 Å². The van der Waals surface area contributed by atoms with Crippen LogP contribution in [-0.4, -0.2) is 69.5 Å². The van der Waals surface area contributed by atoms with Crippen LogP contribution in [0.4, 0.5) is 5.69 Å². The molecule has 0 unspecified atom stereocenters. The van der Waals surface area contributed by atoms with Crippen molar-refractivity contribution >= 4 is 11.7 Å². The molecule has 0 aliphatic carbocycles. The van der Waals surface area contributed by atoms with E-state index in [1.165, 1.54) is 26.4 Å². The molecule has 0 saturated carbocycles. The van der Waals surface area contributed by atoms with E-state index in [0.29, 0.717) is 6.61 Å². The first kappa shape index (κ1) is 18.9. The Morgan fingerprint density at radius 3 is 2.60 bits per heavy atom. The predicted octanol–water partition coefficient (Wildman–Crippen LogP) is 1.49. The second-order valence-corrected chi connectivity index (χ2v) is 5.42. The second kappa shape index (κ2) is 9.19. The molecule has 1 aromatic rings. The Labute approximate surface area is 145 Å². The van der Waals surface area contributed by atoms with E-state index in [2.05, 4.69) is 9.64 Å². The molecule has 1 aliphatic heterocycles. The average Bonchev–Trinajstić information content (AvgIpc) is 2.64. The normalized spacial score (nSPS) is 14.8. The number of nitro groups is 1. The number of esters is 1. The van der Waals surface area contributed by atoms with E-state index in [-0.39, 0.29) is 22.7 Å². The molecule has 1 fully saturated rings. The van der Waals surface area contributed by atoms with Gasteiger partial charge in [0.05, 0.1) is 45.0 Å². The lowest BCUT2D eigenvalue weighted by Crippen LogP contribution is -2.37. The molecule has 1 saturated heterocycles. The van der Waals surface area contributed by atoms with Crippen molar-refractivity contribution in [1.82, 2.24) is 4.90 Å². The van der Waals surface area contributed by atoms with Gasteiger partial charge < -0.3 is 18.9 Å². The summed E-state index contributed by atoms with van der Waals surface area (Å²) in [6.45, 7) is 4.52. The highest BCUT2D eigenvalue weighted by molar-refractivity contribution is 5.94. The van der Waals surface area contributed by atoms with Crippen LogP contribution in [0.2, 0.25) is 0 Å². The SMILES string of the molecule is COC(=O)c1cc(OCCCN2CCOCC2)c(OC)cc1[N+](=O)[O-]. The van der Waals surface area contributed by atoms with Crippen molar-refractivity contribution in [3.63, 3.8) is 0 Å². The average molecular weight is 354 g/mol. The number of ether oxygens (including phenoxy) is 4. The summed E-state index contributed by atoms with van der Waals surface area (Å²) >= 11 is 0. The molecule has 0 radical (unpaired) electrons. The first-order valence-electron chi connectivity index (χ1n) is 7.94. The fraction of sp³-hybridized carbons (Fsp3) is 0.562. The number of nitrogens with zero attached hydrogens (tertiary/aromatic N) is 2. The van der Waals surface area contributed by atoms with Crippen LogP contribution < -0.4 is 9.47 Å². The van der Waals surface area contributed by atoms with Gasteiger partial charge in [0.2, 0.25) is 0 Å². The maximum Gasteiger partial charge on any atom is 0.345 e. The van der Waals surface area contributed by atoms with Crippen LogP contribution in [0, 0.1) is 10.1 Å². The summed E-state index contributed by atoms with van der Waals surface area (Å²) in [7, 11) is 2.55. The van der Waals surface area contributed by atoms with Gasteiger partial charge >= 0.3 is 5.97 Å². The van der Waals surface area contributed by atoms with E-state index in [4.69, 9.17) is 14.2 Å². The fourth-order valence-electron chi connectivity index (χ4n) is 2.54. The molecule has 9 heteroatoms. The van der Waals surface area contributed by atoms with Gasteiger partial charge in [-0.25, -0.2) is 4.79 Å². The molecule has 2 rings (SSSR count). The van der Waals surface area contributed by atoms with E-state index in [1.807, 2.05) is 0 Å². The zero-order valence-corrected chi connectivity index (χ0v) is 14.4. The standard InChI is InChI=1S/C16H22N2O7/c1-22-14-11-13(18(20)21)12(16(19)23-2)10-15(14)25-7-3-4-17-5-8-24-9-6-17/h10-11H,3-9H2,1-2H3. The Hall–Kier alpha value is -2.39. The third-order valence-corrected chi connectivity index (χ3v) is 3.86. The van der Waals surface area contributed by atoms with Crippen molar-refractivity contribution in [2.24, 2.45) is 0 Å². The zero-order chi connectivity index (χ0) is 18.2. The van der Waals surface area contributed by atoms with E-state index < -0.39 is 10.9 Å². The van der Waals surface area contributed by atoms with E-state index in [0.717, 1.165) is 39.3 Å². The molecule has 1 aromatic carbocycles. The van der Waals surface area contributed by atoms with Gasteiger partial charge in [-0.1, -0.05) is 0 Å². The molecule has 0 bridgehead atoms. The minimum absolute atomic E-state index is 0.170. The van der Waals surface area contributed by atoms with Gasteiger partial charge in [0, 0.05) is 25.7 Å². The first-order chi connectivity index (χ1) is 12.1. The number of nitro benzene ring substituents is 1. The Morgan fingerprint density at radius 2 is 2.00 bits per heavy atom. The lowest BCUT2D eigenvalue weighted by Gasteiger charge is -2.26. The molecular formula is C16H22N2O7. The predicted molar refractivity (Wildman–Crippen MR) is 88.4 cm³/mol. The number of hydrogen-bond donors (Lipinski definition) is 0. The Balaban J connectivity index is 2.05. The second-order valence-electron chi connectivity index (χ2n) is 5.42. The highest BCUT2D eigenvalue weighted by Gasteiger charge is 2.25. The van der Waals surface area contributed by atoms with Crippen LogP contribution in [0.3, 0.4) is 0 Å². The number of carbonyl (C=O) groups is 1. The summed E-state index contributed by atoms with van der Waals surface area (Å²) in [6, 6.07) is 2.46. The van der Waals surface area contributed by atoms with Crippen LogP contribution in [0.15, 0.2) is 12.1 Å². The van der Waals surface area contributed by atoms with Gasteiger partial charge in [0.15, 0.2) is 11.5 Å². The lowest BCUT2D eigenvalue weighted by atomic mass is 10.1. The summed E-state index contributed by atoms with van der Waals surface area (Å²) in [5.74, 6) is -0.325. The van der Waals surface area contributed by atoms with Crippen LogP contribution in [-0.2, 0) is 9.47 Å². The molecule has 1 heterocycles. The molecule has 0 amide bonds. The van der Waals surface area contributed by atoms with E-state index >= 15 is 0 Å².